The van der Waals surface area contributed by atoms with Gasteiger partial charge in [0.25, 0.3) is 6.43 Å². The normalized spacial score (nSPS) is 16.2. The number of pyridine rings is 1. The fourth-order valence-electron chi connectivity index (χ4n) is 5.35. The zero-order valence-electron chi connectivity index (χ0n) is 20.6. The highest BCUT2D eigenvalue weighted by atomic mass is 19.3. The van der Waals surface area contributed by atoms with Gasteiger partial charge in [-0.2, -0.15) is 5.10 Å². The average Bonchev–Trinajstić information content (AvgIpc) is 3.34. The topological polar surface area (TPSA) is 69.8 Å². The highest BCUT2D eigenvalue weighted by Gasteiger charge is 2.28. The Kier molecular flexibility index (Phi) is 6.85. The van der Waals surface area contributed by atoms with Gasteiger partial charge in [0.1, 0.15) is 5.69 Å². The van der Waals surface area contributed by atoms with Gasteiger partial charge < -0.3 is 10.2 Å². The monoisotopic (exact) mass is 490 g/mol. The van der Waals surface area contributed by atoms with E-state index in [4.69, 9.17) is 4.98 Å². The molecule has 8 heteroatoms. The summed E-state index contributed by atoms with van der Waals surface area (Å²) in [4.78, 5) is 6.56. The maximum absolute atomic E-state index is 14.2. The molecule has 1 aliphatic carbocycles. The Hall–Kier alpha value is -3.55. The van der Waals surface area contributed by atoms with Crippen molar-refractivity contribution in [1.82, 2.24) is 14.8 Å². The molecule has 0 spiro atoms. The van der Waals surface area contributed by atoms with Crippen LogP contribution in [0.5, 0.6) is 0 Å². The average molecular weight is 491 g/mol. The summed E-state index contributed by atoms with van der Waals surface area (Å²) < 4.78 is 30.1. The summed E-state index contributed by atoms with van der Waals surface area (Å²) in [5.41, 5.74) is 4.75. The molecule has 1 fully saturated rings. The van der Waals surface area contributed by atoms with E-state index in [0.29, 0.717) is 40.8 Å². The Morgan fingerprint density at radius 3 is 2.69 bits per heavy atom. The van der Waals surface area contributed by atoms with Crippen LogP contribution in [0.4, 0.5) is 20.2 Å². The Labute approximate surface area is 210 Å². The summed E-state index contributed by atoms with van der Waals surface area (Å²) in [6.07, 6.45) is 9.81. The molecule has 2 aromatic heterocycles. The second-order valence-corrected chi connectivity index (χ2v) is 9.69. The number of anilines is 2. The number of nitrogens with one attached hydrogen (secondary N) is 2. The molecule has 6 nitrogen and oxygen atoms in total. The van der Waals surface area contributed by atoms with Crippen LogP contribution in [-0.2, 0) is 13.5 Å². The van der Waals surface area contributed by atoms with E-state index in [1.807, 2.05) is 23.1 Å². The Bertz CT molecular complexity index is 1280. The van der Waals surface area contributed by atoms with Crippen LogP contribution in [0.25, 0.3) is 17.2 Å². The molecule has 5 rings (SSSR count). The van der Waals surface area contributed by atoms with Gasteiger partial charge in [-0.3, -0.25) is 10.1 Å². The quantitative estimate of drug-likeness (QED) is 0.302. The second kappa shape index (κ2) is 10.2. The largest absolute Gasteiger partial charge is 0.380 e. The number of aromatic nitrogens is 3. The molecule has 2 aliphatic rings. The minimum absolute atomic E-state index is 0.0465. The SMILES string of the molecule is C=Cc1ccc(NC2CCCCC2)c(C(=N)N2CCCc3cc(-c4cnn(C)c4)c(C(F)F)cc32)n1. The Morgan fingerprint density at radius 2 is 2.00 bits per heavy atom. The second-order valence-electron chi connectivity index (χ2n) is 9.69. The third-order valence-corrected chi connectivity index (χ3v) is 7.21. The van der Waals surface area contributed by atoms with Crippen molar-refractivity contribution < 1.29 is 8.78 Å². The zero-order chi connectivity index (χ0) is 25.2. The molecule has 188 valence electrons. The maximum atomic E-state index is 14.2. The lowest BCUT2D eigenvalue weighted by Crippen LogP contribution is -2.37. The highest BCUT2D eigenvalue weighted by Crippen LogP contribution is 2.39. The molecular formula is C28H32F2N6. The summed E-state index contributed by atoms with van der Waals surface area (Å²) in [5, 5.41) is 17.0. The molecule has 0 unspecified atom stereocenters. The van der Waals surface area contributed by atoms with Crippen molar-refractivity contribution in [1.29, 1.82) is 5.41 Å². The van der Waals surface area contributed by atoms with Gasteiger partial charge in [-0.15, -0.1) is 0 Å². The van der Waals surface area contributed by atoms with Crippen LogP contribution in [0.2, 0.25) is 0 Å². The number of hydrogen-bond acceptors (Lipinski definition) is 4. The molecule has 0 atom stereocenters. The number of amidine groups is 1. The van der Waals surface area contributed by atoms with Crippen molar-refractivity contribution in [2.75, 3.05) is 16.8 Å². The number of fused-ring (bicyclic) bond motifs is 1. The van der Waals surface area contributed by atoms with Gasteiger partial charge in [0.15, 0.2) is 5.84 Å². The fourth-order valence-corrected chi connectivity index (χ4v) is 5.35. The zero-order valence-corrected chi connectivity index (χ0v) is 20.6. The van der Waals surface area contributed by atoms with E-state index >= 15 is 0 Å². The molecule has 3 heterocycles. The van der Waals surface area contributed by atoms with Crippen molar-refractivity contribution in [3.63, 3.8) is 0 Å². The number of benzene rings is 1. The molecule has 1 saturated carbocycles. The van der Waals surface area contributed by atoms with E-state index in [2.05, 4.69) is 17.0 Å². The molecule has 0 radical (unpaired) electrons. The number of aryl methyl sites for hydroxylation is 2. The van der Waals surface area contributed by atoms with Gasteiger partial charge in [-0.1, -0.05) is 25.8 Å². The molecule has 2 N–H and O–H groups in total. The summed E-state index contributed by atoms with van der Waals surface area (Å²) in [6, 6.07) is 7.61. The third kappa shape index (κ3) is 4.76. The van der Waals surface area contributed by atoms with E-state index < -0.39 is 6.43 Å². The van der Waals surface area contributed by atoms with Gasteiger partial charge in [0, 0.05) is 42.6 Å². The molecule has 1 aromatic carbocycles. The number of rotatable bonds is 6. The Balaban J connectivity index is 1.54. The summed E-state index contributed by atoms with van der Waals surface area (Å²) in [5.74, 6) is 0.215. The first-order chi connectivity index (χ1) is 17.4. The molecule has 3 aromatic rings. The van der Waals surface area contributed by atoms with Gasteiger partial charge in [0.2, 0.25) is 0 Å². The van der Waals surface area contributed by atoms with E-state index in [-0.39, 0.29) is 11.4 Å². The van der Waals surface area contributed by atoms with Crippen molar-refractivity contribution in [2.24, 2.45) is 7.05 Å². The first kappa shape index (κ1) is 24.2. The van der Waals surface area contributed by atoms with Crippen molar-refractivity contribution in [2.45, 2.75) is 57.4 Å². The standard InChI is InChI=1S/C28H32F2N6/c1-3-20-11-12-24(33-21-9-5-4-6-10-21)26(34-20)28(31)36-13-7-8-18-14-22(19-16-32-35(2)17-19)23(27(29)30)15-25(18)36/h3,11-12,14-17,21,27,31,33H,1,4-10,13H2,2H3. The van der Waals surface area contributed by atoms with Gasteiger partial charge >= 0.3 is 0 Å². The number of hydrogen-bond donors (Lipinski definition) is 2. The highest BCUT2D eigenvalue weighted by molar-refractivity contribution is 6.10. The molecule has 1 aliphatic heterocycles. The number of alkyl halides is 2. The molecular weight excluding hydrogens is 458 g/mol. The van der Waals surface area contributed by atoms with Crippen LogP contribution < -0.4 is 10.2 Å². The molecule has 0 saturated heterocycles. The maximum Gasteiger partial charge on any atom is 0.264 e. The van der Waals surface area contributed by atoms with E-state index in [9.17, 15) is 14.2 Å². The van der Waals surface area contributed by atoms with Crippen molar-refractivity contribution in [3.05, 3.63) is 65.8 Å². The molecule has 36 heavy (non-hydrogen) atoms. The first-order valence-corrected chi connectivity index (χ1v) is 12.6. The van der Waals surface area contributed by atoms with Crippen LogP contribution in [0.1, 0.15) is 67.5 Å². The predicted molar refractivity (Wildman–Crippen MR) is 141 cm³/mol. The number of nitrogens with zero attached hydrogens (tertiary/aromatic N) is 4. The van der Waals surface area contributed by atoms with Crippen molar-refractivity contribution in [3.8, 4) is 11.1 Å². The smallest absolute Gasteiger partial charge is 0.264 e. The lowest BCUT2D eigenvalue weighted by Gasteiger charge is -2.33. The van der Waals surface area contributed by atoms with Crippen LogP contribution in [0, 0.1) is 5.41 Å². The van der Waals surface area contributed by atoms with Gasteiger partial charge in [-0.25, -0.2) is 13.8 Å². The Morgan fingerprint density at radius 1 is 1.19 bits per heavy atom. The van der Waals surface area contributed by atoms with E-state index in [1.165, 1.54) is 19.3 Å². The summed E-state index contributed by atoms with van der Waals surface area (Å²) >= 11 is 0. The van der Waals surface area contributed by atoms with Crippen LogP contribution >= 0.6 is 0 Å². The lowest BCUT2D eigenvalue weighted by atomic mass is 9.92. The first-order valence-electron chi connectivity index (χ1n) is 12.6. The van der Waals surface area contributed by atoms with E-state index in [0.717, 1.165) is 36.9 Å². The predicted octanol–water partition coefficient (Wildman–Crippen LogP) is 6.59. The fraction of sp³-hybridized carbons (Fsp3) is 0.393. The van der Waals surface area contributed by atoms with Crippen LogP contribution in [-0.4, -0.2) is 33.2 Å². The summed E-state index contributed by atoms with van der Waals surface area (Å²) in [6.45, 7) is 4.41. The van der Waals surface area contributed by atoms with Crippen LogP contribution in [0.15, 0.2) is 43.2 Å². The van der Waals surface area contributed by atoms with Crippen LogP contribution in [0.3, 0.4) is 0 Å². The van der Waals surface area contributed by atoms with Gasteiger partial charge in [-0.05, 0) is 67.2 Å². The molecule has 0 amide bonds. The summed E-state index contributed by atoms with van der Waals surface area (Å²) in [7, 11) is 1.77. The third-order valence-electron chi connectivity index (χ3n) is 7.21. The van der Waals surface area contributed by atoms with Gasteiger partial charge in [0.05, 0.1) is 17.6 Å². The number of halogens is 2. The van der Waals surface area contributed by atoms with E-state index in [1.54, 1.807) is 36.3 Å². The minimum Gasteiger partial charge on any atom is -0.380 e. The molecule has 0 bridgehead atoms. The van der Waals surface area contributed by atoms with Crippen molar-refractivity contribution >= 4 is 23.3 Å². The minimum atomic E-state index is -2.64. The lowest BCUT2D eigenvalue weighted by molar-refractivity contribution is 0.152.